The Morgan fingerprint density at radius 2 is 1.88 bits per heavy atom. The van der Waals surface area contributed by atoms with Crippen molar-refractivity contribution in [2.24, 2.45) is 0 Å². The molecule has 1 radical (unpaired) electrons. The summed E-state index contributed by atoms with van der Waals surface area (Å²) in [6.07, 6.45) is 9.21. The summed E-state index contributed by atoms with van der Waals surface area (Å²) in [6.45, 7) is 18.8. The van der Waals surface area contributed by atoms with E-state index in [0.717, 1.165) is 73.2 Å². The molecule has 2 aromatic carbocycles. The predicted octanol–water partition coefficient (Wildman–Crippen LogP) is 7.43. The molecule has 1 N–H and O–H groups in total. The van der Waals surface area contributed by atoms with Gasteiger partial charge in [0.15, 0.2) is 8.32 Å². The van der Waals surface area contributed by atoms with Crippen LogP contribution in [0.15, 0.2) is 36.5 Å². The number of anilines is 3. The molecule has 0 saturated carbocycles. The Balaban J connectivity index is 1.51. The number of carbonyl (C=O) groups excluding carboxylic acids is 1. The Morgan fingerprint density at radius 3 is 2.54 bits per heavy atom. The highest BCUT2D eigenvalue weighted by Crippen LogP contribution is 2.46. The molecule has 253 valence electrons. The van der Waals surface area contributed by atoms with Gasteiger partial charge in [-0.05, 0) is 97.4 Å². The maximum atomic E-state index is 11.7. The van der Waals surface area contributed by atoms with Gasteiger partial charge in [-0.15, -0.1) is 0 Å². The second kappa shape index (κ2) is 14.5. The van der Waals surface area contributed by atoms with Gasteiger partial charge in [-0.3, -0.25) is 0 Å². The molecule has 2 aliphatic heterocycles. The fourth-order valence-electron chi connectivity index (χ4n) is 6.59. The summed E-state index contributed by atoms with van der Waals surface area (Å²) in [5.41, 5.74) is 8.67. The molecule has 3 heterocycles. The number of nitrogens with zero attached hydrogens (tertiary/aromatic N) is 5. The van der Waals surface area contributed by atoms with Crippen molar-refractivity contribution in [2.45, 2.75) is 96.7 Å². The third kappa shape index (κ3) is 7.69. The lowest BCUT2D eigenvalue weighted by molar-refractivity contribution is 0.219. The van der Waals surface area contributed by atoms with Crippen LogP contribution in [0.1, 0.15) is 81.7 Å². The quantitative estimate of drug-likeness (QED) is 0.122. The summed E-state index contributed by atoms with van der Waals surface area (Å²) >= 11 is 0. The number of fused-ring (bicyclic) bond motifs is 2. The fraction of sp³-hybridized carbons (Fsp3) is 0.526. The molecule has 10 heteroatoms. The molecule has 1 aromatic heterocycles. The average molecular weight is 664 g/mol. The number of carbonyl (C=O) groups is 1. The van der Waals surface area contributed by atoms with Gasteiger partial charge in [0.25, 0.3) is 0 Å². The number of nitriles is 1. The summed E-state index contributed by atoms with van der Waals surface area (Å²) in [7, 11) is 1.68. The first kappa shape index (κ1) is 35.8. The molecule has 48 heavy (non-hydrogen) atoms. The molecule has 8 nitrogen and oxygen atoms in total. The first-order valence-corrected chi connectivity index (χ1v) is 20.4. The number of hydrogen-bond acceptors (Lipinski definition) is 8. The van der Waals surface area contributed by atoms with Crippen LogP contribution >= 0.6 is 0 Å². The SMILES string of the molecule is CCCCCc1cc2c(cc1Nc1nccc(-c3cc(C#N)c4c(c3)[C@@](C)(CO[Si](C)(C)C(C)(C)C)CN4[B]C=O)n1)CCN(C)CC2. The third-order valence-electron chi connectivity index (χ3n) is 10.7. The van der Waals surface area contributed by atoms with Gasteiger partial charge in [0.1, 0.15) is 12.3 Å². The monoisotopic (exact) mass is 663 g/mol. The Hall–Kier alpha value is -3.52. The summed E-state index contributed by atoms with van der Waals surface area (Å²) in [5.74, 6) is 0.536. The maximum absolute atomic E-state index is 11.7. The van der Waals surface area contributed by atoms with Gasteiger partial charge in [0.05, 0.1) is 11.3 Å². The molecule has 2 aliphatic rings. The van der Waals surface area contributed by atoms with E-state index >= 15 is 0 Å². The minimum Gasteiger partial charge on any atom is -0.416 e. The van der Waals surface area contributed by atoms with Crippen molar-refractivity contribution in [3.63, 3.8) is 0 Å². The second-order valence-electron chi connectivity index (χ2n) is 15.5. The van der Waals surface area contributed by atoms with E-state index in [4.69, 9.17) is 9.41 Å². The number of benzene rings is 2. The van der Waals surface area contributed by atoms with Crippen LogP contribution in [0.2, 0.25) is 18.1 Å². The number of hydrogen-bond donors (Lipinski definition) is 1. The van der Waals surface area contributed by atoms with E-state index in [1.165, 1.54) is 36.9 Å². The zero-order valence-electron chi connectivity index (χ0n) is 30.2. The Labute approximate surface area is 289 Å². The average Bonchev–Trinajstić information content (AvgIpc) is 3.20. The smallest absolute Gasteiger partial charge is 0.329 e. The largest absolute Gasteiger partial charge is 0.416 e. The van der Waals surface area contributed by atoms with Crippen LogP contribution in [0.3, 0.4) is 0 Å². The van der Waals surface area contributed by atoms with E-state index < -0.39 is 13.7 Å². The zero-order chi connectivity index (χ0) is 34.7. The minimum absolute atomic E-state index is 0.0624. The molecule has 5 rings (SSSR count). The highest BCUT2D eigenvalue weighted by atomic mass is 28.4. The van der Waals surface area contributed by atoms with E-state index in [9.17, 15) is 10.1 Å². The lowest BCUT2D eigenvalue weighted by Crippen LogP contribution is -2.46. The van der Waals surface area contributed by atoms with Gasteiger partial charge in [-0.2, -0.15) is 5.26 Å². The summed E-state index contributed by atoms with van der Waals surface area (Å²) in [6, 6.07) is 13.1. The highest BCUT2D eigenvalue weighted by molar-refractivity contribution is 6.74. The Kier molecular flexibility index (Phi) is 10.8. The van der Waals surface area contributed by atoms with Crippen molar-refractivity contribution in [3.8, 4) is 17.3 Å². The summed E-state index contributed by atoms with van der Waals surface area (Å²) in [4.78, 5) is 25.6. The van der Waals surface area contributed by atoms with Crippen LogP contribution in [0.25, 0.3) is 11.3 Å². The standard InChI is InChI=1S/C38H52BN6O2Si/c1-9-10-11-12-29-19-27-14-17-44(6)18-15-28(27)22-34(29)43-36-41-16-13-33(42-36)30-20-31(23-40)35-32(21-30)38(5,24-45(35)39-26-46)25-47-48(7,8)37(2,3)4/h13,16,19-22,26H,9-12,14-15,17-18,24-25H2,1-8H3,(H,41,42,43)/t38-/m1/s1. The fourth-order valence-corrected chi connectivity index (χ4v) is 7.70. The molecule has 0 amide bonds. The molecule has 0 aliphatic carbocycles. The highest BCUT2D eigenvalue weighted by Gasteiger charge is 2.44. The van der Waals surface area contributed by atoms with Crippen molar-refractivity contribution in [1.29, 1.82) is 5.26 Å². The number of unbranched alkanes of at least 4 members (excludes halogenated alkanes) is 2. The third-order valence-corrected chi connectivity index (χ3v) is 15.2. The molecular formula is C38H52BN6O2Si. The molecule has 0 unspecified atom stereocenters. The molecule has 0 saturated heterocycles. The number of aromatic nitrogens is 2. The summed E-state index contributed by atoms with van der Waals surface area (Å²) < 4.78 is 6.76. The molecular weight excluding hydrogens is 611 g/mol. The molecule has 0 spiro atoms. The first-order chi connectivity index (χ1) is 22.8. The minimum atomic E-state index is -2.05. The van der Waals surface area contributed by atoms with Gasteiger partial charge in [0.2, 0.25) is 5.95 Å². The van der Waals surface area contributed by atoms with Crippen LogP contribution in [-0.4, -0.2) is 70.1 Å². The second-order valence-corrected chi connectivity index (χ2v) is 20.3. The van der Waals surface area contributed by atoms with Crippen LogP contribution in [0.5, 0.6) is 0 Å². The Morgan fingerprint density at radius 1 is 1.15 bits per heavy atom. The first-order valence-electron chi connectivity index (χ1n) is 17.5. The summed E-state index contributed by atoms with van der Waals surface area (Å²) in [5, 5.41) is 14.0. The van der Waals surface area contributed by atoms with Crippen LogP contribution in [0.4, 0.5) is 17.3 Å². The van der Waals surface area contributed by atoms with Crippen LogP contribution in [-0.2, 0) is 33.9 Å². The topological polar surface area (TPSA) is 94.4 Å². The van der Waals surface area contributed by atoms with E-state index in [0.29, 0.717) is 24.7 Å². The van der Waals surface area contributed by atoms with Crippen molar-refractivity contribution >= 4 is 39.2 Å². The lowest BCUT2D eigenvalue weighted by atomic mass is 9.83. The van der Waals surface area contributed by atoms with E-state index in [2.05, 4.69) is 94.2 Å². The number of rotatable bonds is 12. The van der Waals surface area contributed by atoms with Gasteiger partial charge in [0, 0.05) is 54.8 Å². The van der Waals surface area contributed by atoms with Crippen LogP contribution in [0, 0.1) is 11.3 Å². The predicted molar refractivity (Wildman–Crippen MR) is 200 cm³/mol. The van der Waals surface area contributed by atoms with Crippen molar-refractivity contribution in [3.05, 3.63) is 64.3 Å². The number of nitrogens with one attached hydrogen (secondary N) is 1. The van der Waals surface area contributed by atoms with Crippen molar-refractivity contribution in [2.75, 3.05) is 43.4 Å². The Bertz CT molecular complexity index is 1680. The molecule has 3 aromatic rings. The normalized spacial score (nSPS) is 18.1. The maximum Gasteiger partial charge on any atom is 0.329 e. The van der Waals surface area contributed by atoms with Crippen LogP contribution < -0.4 is 10.1 Å². The van der Waals surface area contributed by atoms with E-state index in [1.54, 1.807) is 6.20 Å². The van der Waals surface area contributed by atoms with E-state index in [-0.39, 0.29) is 5.04 Å². The van der Waals surface area contributed by atoms with Gasteiger partial charge < -0.3 is 24.2 Å². The van der Waals surface area contributed by atoms with Gasteiger partial charge in [-0.25, -0.2) is 9.97 Å². The molecule has 0 fully saturated rings. The van der Waals surface area contributed by atoms with Gasteiger partial charge >= 0.3 is 7.41 Å². The zero-order valence-corrected chi connectivity index (χ0v) is 31.2. The molecule has 0 bridgehead atoms. The number of aryl methyl sites for hydroxylation is 1. The van der Waals surface area contributed by atoms with Crippen molar-refractivity contribution in [1.82, 2.24) is 14.9 Å². The lowest BCUT2D eigenvalue weighted by Gasteiger charge is -2.39. The molecule has 1 atom stereocenters. The van der Waals surface area contributed by atoms with Crippen molar-refractivity contribution < 1.29 is 9.22 Å². The number of likely N-dealkylation sites (N-methyl/N-ethyl adjacent to an activating group) is 1. The van der Waals surface area contributed by atoms with Gasteiger partial charge in [-0.1, -0.05) is 53.5 Å². The van der Waals surface area contributed by atoms with E-state index in [1.807, 2.05) is 16.9 Å².